The van der Waals surface area contributed by atoms with Gasteiger partial charge in [-0.2, -0.15) is 0 Å². The van der Waals surface area contributed by atoms with Gasteiger partial charge in [-0.3, -0.25) is 0 Å². The van der Waals surface area contributed by atoms with Gasteiger partial charge in [0, 0.05) is 17.6 Å². The zero-order chi connectivity index (χ0) is 15.2. The van der Waals surface area contributed by atoms with Crippen LogP contribution in [0.15, 0.2) is 42.5 Å². The van der Waals surface area contributed by atoms with Gasteiger partial charge < -0.3 is 10.1 Å². The van der Waals surface area contributed by atoms with Crippen LogP contribution in [0.5, 0.6) is 5.75 Å². The molecule has 0 heterocycles. The van der Waals surface area contributed by atoms with Gasteiger partial charge in [-0.05, 0) is 41.8 Å². The number of halogens is 2. The number of ether oxygens (including phenoxy) is 1. The van der Waals surface area contributed by atoms with Gasteiger partial charge in [-0.15, -0.1) is 0 Å². The molecule has 0 amide bonds. The first-order valence-corrected chi connectivity index (χ1v) is 7.71. The van der Waals surface area contributed by atoms with Crippen LogP contribution in [0.4, 0.5) is 0 Å². The molecule has 1 unspecified atom stereocenters. The lowest BCUT2D eigenvalue weighted by Crippen LogP contribution is -2.20. The van der Waals surface area contributed by atoms with Crippen LogP contribution in [0.25, 0.3) is 0 Å². The zero-order valence-corrected chi connectivity index (χ0v) is 13.7. The van der Waals surface area contributed by atoms with E-state index in [1.54, 1.807) is 7.11 Å². The number of benzene rings is 2. The predicted octanol–water partition coefficient (Wildman–Crippen LogP) is 5.24. The highest BCUT2D eigenvalue weighted by Crippen LogP contribution is 2.26. The Kier molecular flexibility index (Phi) is 5.92. The minimum absolute atomic E-state index is 0.268. The van der Waals surface area contributed by atoms with E-state index in [2.05, 4.69) is 18.3 Å². The molecular formula is C17H19Cl2NO. The maximum atomic E-state index is 6.15. The van der Waals surface area contributed by atoms with Crippen LogP contribution in [-0.4, -0.2) is 7.11 Å². The lowest BCUT2D eigenvalue weighted by molar-refractivity contribution is 0.414. The van der Waals surface area contributed by atoms with Gasteiger partial charge in [0.2, 0.25) is 0 Å². The molecule has 0 spiro atoms. The minimum Gasteiger partial charge on any atom is -0.495 e. The molecule has 4 heteroatoms. The fraction of sp³-hybridized carbons (Fsp3) is 0.294. The first-order chi connectivity index (χ1) is 10.1. The maximum Gasteiger partial charge on any atom is 0.137 e. The molecule has 2 nitrogen and oxygen atoms in total. The van der Waals surface area contributed by atoms with Crippen molar-refractivity contribution in [2.45, 2.75) is 25.9 Å². The number of rotatable bonds is 6. The summed E-state index contributed by atoms with van der Waals surface area (Å²) in [7, 11) is 1.62. The first kappa shape index (κ1) is 16.2. The highest BCUT2D eigenvalue weighted by atomic mass is 35.5. The maximum absolute atomic E-state index is 6.15. The molecule has 21 heavy (non-hydrogen) atoms. The largest absolute Gasteiger partial charge is 0.495 e. The summed E-state index contributed by atoms with van der Waals surface area (Å²) in [5, 5.41) is 4.93. The Labute approximate surface area is 136 Å². The van der Waals surface area contributed by atoms with Gasteiger partial charge >= 0.3 is 0 Å². The Hall–Kier alpha value is -1.22. The van der Waals surface area contributed by atoms with Crippen LogP contribution in [0, 0.1) is 0 Å². The van der Waals surface area contributed by atoms with Crippen molar-refractivity contribution in [1.82, 2.24) is 5.32 Å². The summed E-state index contributed by atoms with van der Waals surface area (Å²) >= 11 is 12.2. The van der Waals surface area contributed by atoms with Gasteiger partial charge in [-0.1, -0.05) is 48.3 Å². The third kappa shape index (κ3) is 4.37. The normalized spacial score (nSPS) is 12.2. The van der Waals surface area contributed by atoms with Crippen LogP contribution in [0.3, 0.4) is 0 Å². The van der Waals surface area contributed by atoms with Gasteiger partial charge in [0.05, 0.1) is 12.1 Å². The standard InChI is InChI=1S/C17H19Cl2NO/c1-3-16(13-5-4-6-14(18)10-13)20-11-12-7-8-17(21-2)15(19)9-12/h4-10,16,20H,3,11H2,1-2H3. The second-order valence-corrected chi connectivity index (χ2v) is 5.71. The molecule has 0 aliphatic carbocycles. The van der Waals surface area contributed by atoms with Crippen LogP contribution in [-0.2, 0) is 6.54 Å². The van der Waals surface area contributed by atoms with Crippen molar-refractivity contribution in [3.8, 4) is 5.75 Å². The molecule has 0 saturated carbocycles. The van der Waals surface area contributed by atoms with Crippen LogP contribution in [0.2, 0.25) is 10.0 Å². The molecule has 0 aliphatic heterocycles. The first-order valence-electron chi connectivity index (χ1n) is 6.95. The van der Waals surface area contributed by atoms with Gasteiger partial charge in [0.15, 0.2) is 0 Å². The van der Waals surface area contributed by atoms with E-state index in [-0.39, 0.29) is 6.04 Å². The zero-order valence-electron chi connectivity index (χ0n) is 12.2. The van der Waals surface area contributed by atoms with Gasteiger partial charge in [0.25, 0.3) is 0 Å². The van der Waals surface area contributed by atoms with E-state index < -0.39 is 0 Å². The van der Waals surface area contributed by atoms with Crippen molar-refractivity contribution in [3.05, 3.63) is 63.6 Å². The third-order valence-electron chi connectivity index (χ3n) is 3.43. The lowest BCUT2D eigenvalue weighted by atomic mass is 10.0. The second kappa shape index (κ2) is 7.69. The molecule has 2 aromatic rings. The van der Waals surface area contributed by atoms with Crippen molar-refractivity contribution >= 4 is 23.2 Å². The summed E-state index contributed by atoms with van der Waals surface area (Å²) in [6.45, 7) is 2.90. The summed E-state index contributed by atoms with van der Waals surface area (Å²) in [5.74, 6) is 0.697. The van der Waals surface area contributed by atoms with Crippen molar-refractivity contribution in [2.24, 2.45) is 0 Å². The molecule has 1 atom stereocenters. The highest BCUT2D eigenvalue weighted by Gasteiger charge is 2.09. The molecule has 2 rings (SSSR count). The summed E-state index contributed by atoms with van der Waals surface area (Å²) in [6.07, 6.45) is 0.990. The molecule has 0 bridgehead atoms. The molecule has 0 saturated heterocycles. The SMILES string of the molecule is CCC(NCc1ccc(OC)c(Cl)c1)c1cccc(Cl)c1. The number of hydrogen-bond acceptors (Lipinski definition) is 2. The monoisotopic (exact) mass is 323 g/mol. The van der Waals surface area contributed by atoms with E-state index in [1.807, 2.05) is 36.4 Å². The smallest absolute Gasteiger partial charge is 0.137 e. The molecule has 1 N–H and O–H groups in total. The van der Waals surface area contributed by atoms with Crippen molar-refractivity contribution in [2.75, 3.05) is 7.11 Å². The average molecular weight is 324 g/mol. The number of methoxy groups -OCH3 is 1. The summed E-state index contributed by atoms with van der Waals surface area (Å²) in [6, 6.07) is 14.1. The molecule has 112 valence electrons. The van der Waals surface area contributed by atoms with Crippen molar-refractivity contribution in [3.63, 3.8) is 0 Å². The fourth-order valence-electron chi connectivity index (χ4n) is 2.28. The van der Waals surface area contributed by atoms with E-state index in [4.69, 9.17) is 27.9 Å². The molecular weight excluding hydrogens is 305 g/mol. The second-order valence-electron chi connectivity index (χ2n) is 4.87. The van der Waals surface area contributed by atoms with E-state index in [0.717, 1.165) is 23.6 Å². The Morgan fingerprint density at radius 3 is 2.57 bits per heavy atom. The Balaban J connectivity index is 2.05. The van der Waals surface area contributed by atoms with Crippen molar-refractivity contribution < 1.29 is 4.74 Å². The number of hydrogen-bond donors (Lipinski definition) is 1. The Bertz CT molecular complexity index is 601. The predicted molar refractivity (Wildman–Crippen MR) is 89.3 cm³/mol. The van der Waals surface area contributed by atoms with Crippen LogP contribution in [0.1, 0.15) is 30.5 Å². The van der Waals surface area contributed by atoms with E-state index in [0.29, 0.717) is 10.8 Å². The average Bonchev–Trinajstić information content (AvgIpc) is 2.48. The Morgan fingerprint density at radius 2 is 1.95 bits per heavy atom. The third-order valence-corrected chi connectivity index (χ3v) is 3.96. The molecule has 0 aromatic heterocycles. The minimum atomic E-state index is 0.268. The van der Waals surface area contributed by atoms with Gasteiger partial charge in [0.1, 0.15) is 5.75 Å². The highest BCUT2D eigenvalue weighted by molar-refractivity contribution is 6.32. The fourth-order valence-corrected chi connectivity index (χ4v) is 2.76. The molecule has 0 fully saturated rings. The van der Waals surface area contributed by atoms with E-state index >= 15 is 0 Å². The lowest BCUT2D eigenvalue weighted by Gasteiger charge is -2.18. The summed E-state index contributed by atoms with van der Waals surface area (Å²) < 4.78 is 5.16. The molecule has 0 aliphatic rings. The van der Waals surface area contributed by atoms with E-state index in [9.17, 15) is 0 Å². The van der Waals surface area contributed by atoms with Crippen molar-refractivity contribution in [1.29, 1.82) is 0 Å². The number of nitrogens with one attached hydrogen (secondary N) is 1. The quantitative estimate of drug-likeness (QED) is 0.784. The van der Waals surface area contributed by atoms with E-state index in [1.165, 1.54) is 5.56 Å². The summed E-state index contributed by atoms with van der Waals surface area (Å²) in [5.41, 5.74) is 2.32. The van der Waals surface area contributed by atoms with Crippen LogP contribution < -0.4 is 10.1 Å². The Morgan fingerprint density at radius 1 is 1.14 bits per heavy atom. The van der Waals surface area contributed by atoms with Crippen LogP contribution >= 0.6 is 23.2 Å². The summed E-state index contributed by atoms with van der Waals surface area (Å²) in [4.78, 5) is 0. The van der Waals surface area contributed by atoms with Gasteiger partial charge in [-0.25, -0.2) is 0 Å². The molecule has 0 radical (unpaired) electrons. The molecule has 2 aromatic carbocycles. The topological polar surface area (TPSA) is 21.3 Å².